The van der Waals surface area contributed by atoms with Crippen molar-refractivity contribution in [1.82, 2.24) is 4.31 Å². The van der Waals surface area contributed by atoms with Crippen molar-refractivity contribution in [2.24, 2.45) is 0 Å². The van der Waals surface area contributed by atoms with E-state index in [4.69, 9.17) is 0 Å². The summed E-state index contributed by atoms with van der Waals surface area (Å²) in [6.07, 6.45) is 0.676. The number of rotatable bonds is 2. The van der Waals surface area contributed by atoms with Gasteiger partial charge in [-0.25, -0.2) is 8.42 Å². The van der Waals surface area contributed by atoms with Crippen molar-refractivity contribution < 1.29 is 13.5 Å². The van der Waals surface area contributed by atoms with Gasteiger partial charge in [0.2, 0.25) is 10.0 Å². The zero-order valence-corrected chi connectivity index (χ0v) is 10.7. The third-order valence-corrected chi connectivity index (χ3v) is 4.95. The van der Waals surface area contributed by atoms with Gasteiger partial charge in [0.25, 0.3) is 0 Å². The lowest BCUT2D eigenvalue weighted by Crippen LogP contribution is -2.40. The molecule has 0 unspecified atom stereocenters. The summed E-state index contributed by atoms with van der Waals surface area (Å²) in [5.74, 6) is 0. The average Bonchev–Trinajstić information content (AvgIpc) is 2.29. The van der Waals surface area contributed by atoms with Gasteiger partial charge in [0.1, 0.15) is 7.85 Å². The van der Waals surface area contributed by atoms with Crippen LogP contribution in [0.2, 0.25) is 0 Å². The topological polar surface area (TPSA) is 57.6 Å². The van der Waals surface area contributed by atoms with Crippen molar-refractivity contribution in [2.45, 2.75) is 23.8 Å². The van der Waals surface area contributed by atoms with Crippen molar-refractivity contribution in [3.05, 3.63) is 24.3 Å². The third-order valence-electron chi connectivity index (χ3n) is 3.05. The van der Waals surface area contributed by atoms with Gasteiger partial charge in [-0.3, -0.25) is 0 Å². The van der Waals surface area contributed by atoms with Crippen LogP contribution in [0, 0.1) is 0 Å². The number of hydrogen-bond donors (Lipinski definition) is 1. The van der Waals surface area contributed by atoms with E-state index in [0.717, 1.165) is 5.46 Å². The zero-order chi connectivity index (χ0) is 12.5. The van der Waals surface area contributed by atoms with Crippen molar-refractivity contribution >= 4 is 23.3 Å². The largest absolute Gasteiger partial charge is 0.393 e. The molecule has 0 radical (unpaired) electrons. The molecule has 1 N–H and O–H groups in total. The zero-order valence-electron chi connectivity index (χ0n) is 9.83. The van der Waals surface area contributed by atoms with Crippen LogP contribution in [0.3, 0.4) is 0 Å². The molecule has 1 saturated heterocycles. The van der Waals surface area contributed by atoms with E-state index >= 15 is 0 Å². The normalized spacial score (nSPS) is 19.4. The molecular weight excluding hydrogens is 237 g/mol. The summed E-state index contributed by atoms with van der Waals surface area (Å²) in [6.45, 7) is 0.800. The Hall–Kier alpha value is -0.845. The lowest BCUT2D eigenvalue weighted by atomic mass is 9.97. The Bertz CT molecular complexity index is 495. The Kier molecular flexibility index (Phi) is 3.56. The molecule has 17 heavy (non-hydrogen) atoms. The summed E-state index contributed by atoms with van der Waals surface area (Å²) in [5.41, 5.74) is 0.933. The van der Waals surface area contributed by atoms with Crippen LogP contribution >= 0.6 is 0 Å². The minimum atomic E-state index is -3.39. The molecule has 6 heteroatoms. The van der Waals surface area contributed by atoms with E-state index in [1.165, 1.54) is 4.31 Å². The molecule has 0 spiro atoms. The fourth-order valence-electron chi connectivity index (χ4n) is 2.01. The van der Waals surface area contributed by atoms with E-state index in [-0.39, 0.29) is 6.10 Å². The van der Waals surface area contributed by atoms with Crippen LogP contribution < -0.4 is 5.46 Å². The first-order chi connectivity index (χ1) is 8.00. The number of nitrogens with zero attached hydrogens (tertiary/aromatic N) is 1. The Labute approximate surface area is 103 Å². The molecule has 0 atom stereocenters. The second kappa shape index (κ2) is 4.80. The maximum Gasteiger partial charge on any atom is 0.243 e. The SMILES string of the molecule is Bc1cccc(S(=O)(=O)N2CCC(O)CC2)c1. The predicted molar refractivity (Wildman–Crippen MR) is 68.6 cm³/mol. The van der Waals surface area contributed by atoms with E-state index < -0.39 is 10.0 Å². The molecule has 0 aromatic heterocycles. The van der Waals surface area contributed by atoms with Crippen molar-refractivity contribution in [3.63, 3.8) is 0 Å². The molecule has 1 aliphatic rings. The molecule has 0 amide bonds. The Morgan fingerprint density at radius 2 is 1.94 bits per heavy atom. The number of aliphatic hydroxyl groups is 1. The second-order valence-electron chi connectivity index (χ2n) is 4.45. The molecule has 1 fully saturated rings. The third kappa shape index (κ3) is 2.70. The highest BCUT2D eigenvalue weighted by Crippen LogP contribution is 2.19. The number of benzene rings is 1. The molecule has 1 aliphatic heterocycles. The maximum absolute atomic E-state index is 12.3. The van der Waals surface area contributed by atoms with Crippen LogP contribution in [0.4, 0.5) is 0 Å². The number of sulfonamides is 1. The van der Waals surface area contributed by atoms with Gasteiger partial charge in [-0.2, -0.15) is 4.31 Å². The van der Waals surface area contributed by atoms with Crippen LogP contribution in [0.1, 0.15) is 12.8 Å². The van der Waals surface area contributed by atoms with Crippen LogP contribution in [-0.2, 0) is 10.0 Å². The molecule has 92 valence electrons. The molecule has 4 nitrogen and oxygen atoms in total. The average molecular weight is 253 g/mol. The number of aliphatic hydroxyl groups excluding tert-OH is 1. The lowest BCUT2D eigenvalue weighted by Gasteiger charge is -2.28. The van der Waals surface area contributed by atoms with Crippen LogP contribution in [0.5, 0.6) is 0 Å². The summed E-state index contributed by atoms with van der Waals surface area (Å²) < 4.78 is 26.0. The first-order valence-corrected chi connectivity index (χ1v) is 7.19. The molecule has 1 aromatic carbocycles. The Balaban J connectivity index is 2.25. The summed E-state index contributed by atoms with van der Waals surface area (Å²) in [5, 5.41) is 9.39. The first-order valence-electron chi connectivity index (χ1n) is 5.75. The van der Waals surface area contributed by atoms with E-state index in [1.54, 1.807) is 18.2 Å². The standard InChI is InChI=1S/C11H16BNO3S/c12-9-2-1-3-11(8-9)17(15,16)13-6-4-10(14)5-7-13/h1-3,8,10,14H,4-7,12H2. The van der Waals surface area contributed by atoms with Crippen LogP contribution in [0.15, 0.2) is 29.2 Å². The monoisotopic (exact) mass is 253 g/mol. The molecule has 2 rings (SSSR count). The summed E-state index contributed by atoms with van der Waals surface area (Å²) in [7, 11) is -1.51. The minimum Gasteiger partial charge on any atom is -0.393 e. The minimum absolute atomic E-state index is 0.342. The van der Waals surface area contributed by atoms with Gasteiger partial charge in [0.05, 0.1) is 11.0 Å². The van der Waals surface area contributed by atoms with Crippen molar-refractivity contribution in [2.75, 3.05) is 13.1 Å². The van der Waals surface area contributed by atoms with Gasteiger partial charge in [-0.15, -0.1) is 0 Å². The lowest BCUT2D eigenvalue weighted by molar-refractivity contribution is 0.113. The number of piperidine rings is 1. The van der Waals surface area contributed by atoms with Crippen LogP contribution in [-0.4, -0.2) is 44.9 Å². The smallest absolute Gasteiger partial charge is 0.243 e. The quantitative estimate of drug-likeness (QED) is 0.694. The van der Waals surface area contributed by atoms with Gasteiger partial charge in [-0.05, 0) is 25.0 Å². The highest BCUT2D eigenvalue weighted by atomic mass is 32.2. The predicted octanol–water partition coefficient (Wildman–Crippen LogP) is -0.910. The Morgan fingerprint density at radius 3 is 2.53 bits per heavy atom. The molecule has 0 saturated carbocycles. The summed E-state index contributed by atoms with van der Waals surface area (Å²) in [4.78, 5) is 0.342. The van der Waals surface area contributed by atoms with E-state index in [0.29, 0.717) is 30.8 Å². The first kappa shape index (κ1) is 12.6. The summed E-state index contributed by atoms with van der Waals surface area (Å²) in [6, 6.07) is 6.92. The highest BCUT2D eigenvalue weighted by molar-refractivity contribution is 7.89. The molecule has 0 aliphatic carbocycles. The van der Waals surface area contributed by atoms with Gasteiger partial charge >= 0.3 is 0 Å². The number of hydrogen-bond acceptors (Lipinski definition) is 3. The fraction of sp³-hybridized carbons (Fsp3) is 0.455. The van der Waals surface area contributed by atoms with Crippen molar-refractivity contribution in [3.8, 4) is 0 Å². The van der Waals surface area contributed by atoms with E-state index in [1.807, 2.05) is 13.9 Å². The molecular formula is C11H16BNO3S. The van der Waals surface area contributed by atoms with Gasteiger partial charge in [0, 0.05) is 13.1 Å². The van der Waals surface area contributed by atoms with E-state index in [2.05, 4.69) is 0 Å². The molecule has 0 bridgehead atoms. The van der Waals surface area contributed by atoms with Gasteiger partial charge in [0.15, 0.2) is 0 Å². The molecule has 1 heterocycles. The molecule has 1 aromatic rings. The Morgan fingerprint density at radius 1 is 1.29 bits per heavy atom. The van der Waals surface area contributed by atoms with Gasteiger partial charge in [-0.1, -0.05) is 17.6 Å². The maximum atomic E-state index is 12.3. The van der Waals surface area contributed by atoms with E-state index in [9.17, 15) is 13.5 Å². The highest BCUT2D eigenvalue weighted by Gasteiger charge is 2.28. The second-order valence-corrected chi connectivity index (χ2v) is 6.39. The summed E-state index contributed by atoms with van der Waals surface area (Å²) >= 11 is 0. The van der Waals surface area contributed by atoms with Gasteiger partial charge < -0.3 is 5.11 Å². The van der Waals surface area contributed by atoms with Crippen molar-refractivity contribution in [1.29, 1.82) is 0 Å². The van der Waals surface area contributed by atoms with Crippen LogP contribution in [0.25, 0.3) is 0 Å². The fourth-order valence-corrected chi connectivity index (χ4v) is 3.58.